The molecule has 8 nitrogen and oxygen atoms in total. The van der Waals surface area contributed by atoms with Crippen LogP contribution in [0.1, 0.15) is 58.3 Å². The van der Waals surface area contributed by atoms with E-state index in [9.17, 15) is 4.79 Å². The van der Waals surface area contributed by atoms with Crippen LogP contribution in [-0.2, 0) is 18.5 Å². The first-order valence-electron chi connectivity index (χ1n) is 17.5. The predicted octanol–water partition coefficient (Wildman–Crippen LogP) is 10.4. The van der Waals surface area contributed by atoms with Crippen LogP contribution in [0.15, 0.2) is 143 Å². The molecule has 0 amide bonds. The van der Waals surface area contributed by atoms with Crippen molar-refractivity contribution in [1.82, 2.24) is 29.8 Å². The molecule has 0 saturated carbocycles. The number of aldehydes is 1. The lowest BCUT2D eigenvalue weighted by Gasteiger charge is -2.34. The number of carbonyl (C=O) groups is 1. The van der Waals surface area contributed by atoms with E-state index in [1.807, 2.05) is 83.4 Å². The summed E-state index contributed by atoms with van der Waals surface area (Å²) in [6.07, 6.45) is 6.79. The quantitative estimate of drug-likeness (QED) is 0.0905. The van der Waals surface area contributed by atoms with Crippen LogP contribution in [0.5, 0.6) is 0 Å². The molecule has 3 heterocycles. The maximum Gasteiger partial charge on any atom is 0.205 e. The fraction of sp³-hybridized carbons (Fsp3) is 0.140. The smallest absolute Gasteiger partial charge is 0.205 e. The molecule has 0 unspecified atom stereocenters. The Hall–Kier alpha value is -5.64. The molecule has 0 atom stereocenters. The van der Waals surface area contributed by atoms with Gasteiger partial charge in [-0.3, -0.25) is 4.79 Å². The third-order valence-corrected chi connectivity index (χ3v) is 10.9. The Bertz CT molecular complexity index is 2380. The van der Waals surface area contributed by atoms with Gasteiger partial charge in [0.1, 0.15) is 11.5 Å². The summed E-state index contributed by atoms with van der Waals surface area (Å²) in [5, 5.41) is 15.0. The van der Waals surface area contributed by atoms with Crippen LogP contribution < -0.4 is 0 Å². The molecule has 0 spiro atoms. The topological polar surface area (TPSA) is 91.6 Å². The number of aryl methyl sites for hydroxylation is 1. The molecular weight excluding hydrogens is 748 g/mol. The molecule has 0 N–H and O–H groups in total. The van der Waals surface area contributed by atoms with E-state index in [1.165, 1.54) is 0 Å². The van der Waals surface area contributed by atoms with E-state index in [4.69, 9.17) is 31.4 Å². The number of nitrogens with zero attached hydrogens (tertiary/aromatic N) is 6. The molecule has 0 bridgehead atoms. The summed E-state index contributed by atoms with van der Waals surface area (Å²) in [5.41, 5.74) is 7.88. The molecule has 2 aromatic heterocycles. The van der Waals surface area contributed by atoms with Crippen LogP contribution in [0.4, 0.5) is 0 Å². The molecule has 0 fully saturated rings. The summed E-state index contributed by atoms with van der Waals surface area (Å²) >= 11 is 10.5. The van der Waals surface area contributed by atoms with Gasteiger partial charge in [0.25, 0.3) is 0 Å². The first-order chi connectivity index (χ1) is 26.1. The summed E-state index contributed by atoms with van der Waals surface area (Å²) in [6.45, 7) is 2.49. The number of aromatic nitrogens is 6. The molecule has 8 rings (SSSR count). The number of unbranched alkanes of at least 4 members (excludes halogenated alkanes) is 1. The second-order valence-corrected chi connectivity index (χ2v) is 14.0. The van der Waals surface area contributed by atoms with Gasteiger partial charge in [-0.2, -0.15) is 0 Å². The first-order valence-corrected chi connectivity index (χ1v) is 18.7. The summed E-state index contributed by atoms with van der Waals surface area (Å²) < 4.78 is 8.46. The molecule has 1 aliphatic carbocycles. The average Bonchev–Trinajstić information content (AvgIpc) is 3.90. The fourth-order valence-electron chi connectivity index (χ4n) is 7.35. The summed E-state index contributed by atoms with van der Waals surface area (Å²) in [4.78, 5) is 18.7. The van der Waals surface area contributed by atoms with Crippen molar-refractivity contribution in [2.75, 3.05) is 0 Å². The highest BCUT2D eigenvalue weighted by Gasteiger charge is 2.41. The molecule has 262 valence electrons. The number of hydrogen-bond acceptors (Lipinski definition) is 6. The van der Waals surface area contributed by atoms with E-state index >= 15 is 0 Å². The lowest BCUT2D eigenvalue weighted by molar-refractivity contribution is 0.111. The van der Waals surface area contributed by atoms with Crippen LogP contribution in [0.3, 0.4) is 0 Å². The first kappa shape index (κ1) is 34.4. The number of tetrazole rings is 1. The Morgan fingerprint density at radius 2 is 1.40 bits per heavy atom. The highest BCUT2D eigenvalue weighted by Crippen LogP contribution is 2.49. The molecule has 0 radical (unpaired) electrons. The van der Waals surface area contributed by atoms with Crippen molar-refractivity contribution >= 4 is 33.8 Å². The summed E-state index contributed by atoms with van der Waals surface area (Å²) in [7, 11) is 0. The van der Waals surface area contributed by atoms with E-state index in [0.717, 1.165) is 79.5 Å². The molecular formula is C43H34BrClN6O2. The molecule has 1 aliphatic heterocycles. The number of hydrogen-bond donors (Lipinski definition) is 0. The van der Waals surface area contributed by atoms with Crippen LogP contribution in [0.25, 0.3) is 33.6 Å². The number of imidazole rings is 1. The van der Waals surface area contributed by atoms with E-state index < -0.39 is 5.54 Å². The standard InChI is InChI=1S/C43H34BrClN6O2/c1-2-3-23-38-46-41(45)37(27-52)50(38)26-35-32-24-25-53-28-36(32)40(44)39(35)33-21-13-14-22-34(33)42-47-49-51(48-42)43(29-15-7-4-8-16-29,30-17-9-5-10-18-30)31-19-11-6-12-20-31/h4-22,24-25,27-28H,2-3,23,26H2,1H3. The Morgan fingerprint density at radius 1 is 0.792 bits per heavy atom. The van der Waals surface area contributed by atoms with E-state index in [-0.39, 0.29) is 5.15 Å². The van der Waals surface area contributed by atoms with Gasteiger partial charge in [0.05, 0.1) is 19.1 Å². The minimum Gasteiger partial charge on any atom is -0.472 e. The summed E-state index contributed by atoms with van der Waals surface area (Å²) in [5.74, 6) is 1.23. The van der Waals surface area contributed by atoms with Gasteiger partial charge in [-0.1, -0.05) is 140 Å². The van der Waals surface area contributed by atoms with Crippen LogP contribution in [-0.4, -0.2) is 36.0 Å². The van der Waals surface area contributed by atoms with Crippen LogP contribution in [0, 0.1) is 0 Å². The Morgan fingerprint density at radius 3 is 2.00 bits per heavy atom. The van der Waals surface area contributed by atoms with Crippen molar-refractivity contribution in [1.29, 1.82) is 0 Å². The number of rotatable bonds is 12. The van der Waals surface area contributed by atoms with Crippen molar-refractivity contribution in [3.8, 4) is 33.6 Å². The number of halogens is 2. The number of benzene rings is 4. The van der Waals surface area contributed by atoms with Gasteiger partial charge in [-0.15, -0.1) is 15.0 Å². The van der Waals surface area contributed by atoms with Crippen molar-refractivity contribution in [3.63, 3.8) is 0 Å². The average molecular weight is 782 g/mol. The fourth-order valence-corrected chi connectivity index (χ4v) is 8.35. The largest absolute Gasteiger partial charge is 0.472 e. The van der Waals surface area contributed by atoms with Gasteiger partial charge >= 0.3 is 0 Å². The second-order valence-electron chi connectivity index (χ2n) is 12.8. The summed E-state index contributed by atoms with van der Waals surface area (Å²) in [6, 6.07) is 40.9. The molecule has 53 heavy (non-hydrogen) atoms. The maximum absolute atomic E-state index is 12.4. The predicted molar refractivity (Wildman–Crippen MR) is 210 cm³/mol. The van der Waals surface area contributed by atoms with Crippen LogP contribution >= 0.6 is 27.5 Å². The van der Waals surface area contributed by atoms with Crippen molar-refractivity contribution in [3.05, 3.63) is 177 Å². The second kappa shape index (κ2) is 14.8. The minimum absolute atomic E-state index is 0.206. The Balaban J connectivity index is 1.33. The lowest BCUT2D eigenvalue weighted by Crippen LogP contribution is -2.39. The van der Waals surface area contributed by atoms with E-state index in [0.29, 0.717) is 24.5 Å². The molecule has 0 saturated heterocycles. The Labute approximate surface area is 320 Å². The van der Waals surface area contributed by atoms with Gasteiger partial charge < -0.3 is 8.98 Å². The zero-order valence-corrected chi connectivity index (χ0v) is 31.2. The maximum atomic E-state index is 12.4. The van der Waals surface area contributed by atoms with E-state index in [1.54, 1.807) is 17.3 Å². The third-order valence-electron chi connectivity index (χ3n) is 9.82. The molecule has 2 aliphatic rings. The van der Waals surface area contributed by atoms with Gasteiger partial charge in [-0.25, -0.2) is 4.98 Å². The Kier molecular flexibility index (Phi) is 9.60. The van der Waals surface area contributed by atoms with E-state index in [2.05, 4.69) is 70.3 Å². The SMILES string of the molecule is CCCCc1nc(Cl)c(C=O)n1Cc1c2ccocc-2c(Br)c1-c1ccccc1-c1nnn(C(c2ccccc2)(c2ccccc2)c2ccccc2)n1. The zero-order chi connectivity index (χ0) is 36.4. The monoisotopic (exact) mass is 780 g/mol. The van der Waals surface area contributed by atoms with Crippen LogP contribution in [0.2, 0.25) is 5.15 Å². The normalized spacial score (nSPS) is 11.7. The zero-order valence-electron chi connectivity index (χ0n) is 28.9. The van der Waals surface area contributed by atoms with Gasteiger partial charge in [0.15, 0.2) is 17.0 Å². The van der Waals surface area contributed by atoms with Gasteiger partial charge in [0, 0.05) is 27.6 Å². The highest BCUT2D eigenvalue weighted by molar-refractivity contribution is 9.10. The van der Waals surface area contributed by atoms with Crippen molar-refractivity contribution < 1.29 is 9.21 Å². The molecule has 6 aromatic rings. The molecule has 10 heteroatoms. The third kappa shape index (κ3) is 5.99. The minimum atomic E-state index is -0.924. The number of carbonyl (C=O) groups excluding carboxylic acids is 1. The lowest BCUT2D eigenvalue weighted by atomic mass is 9.77. The highest BCUT2D eigenvalue weighted by atomic mass is 79.9. The van der Waals surface area contributed by atoms with Crippen molar-refractivity contribution in [2.45, 2.75) is 38.3 Å². The van der Waals surface area contributed by atoms with Gasteiger partial charge in [-0.05, 0) is 67.0 Å². The van der Waals surface area contributed by atoms with Crippen molar-refractivity contribution in [2.24, 2.45) is 0 Å². The number of fused-ring (bicyclic) bond motifs is 1. The van der Waals surface area contributed by atoms with Gasteiger partial charge in [0.2, 0.25) is 5.82 Å². The molecule has 4 aromatic carbocycles.